The fraction of sp³-hybridized carbons (Fsp3) is 0.636. The highest BCUT2D eigenvalue weighted by molar-refractivity contribution is 14.0. The predicted molar refractivity (Wildman–Crippen MR) is 130 cm³/mol. The summed E-state index contributed by atoms with van der Waals surface area (Å²) in [7, 11) is 5.06. The van der Waals surface area contributed by atoms with E-state index in [1.807, 2.05) is 23.1 Å². The number of amides is 1. The lowest BCUT2D eigenvalue weighted by atomic mass is 9.88. The van der Waals surface area contributed by atoms with Gasteiger partial charge in [-0.2, -0.15) is 0 Å². The van der Waals surface area contributed by atoms with Crippen LogP contribution in [0, 0.1) is 5.92 Å². The SMILES string of the molecule is CN=C(NCc1ccc(OC)cc1OC)NC1CCN(C(=O)C2CCCCC2)C1.I. The number of carbonyl (C=O) groups is 1. The summed E-state index contributed by atoms with van der Waals surface area (Å²) in [6.45, 7) is 2.17. The third kappa shape index (κ3) is 6.39. The van der Waals surface area contributed by atoms with Gasteiger partial charge < -0.3 is 25.0 Å². The lowest BCUT2D eigenvalue weighted by molar-refractivity contribution is -0.135. The minimum Gasteiger partial charge on any atom is -0.497 e. The second-order valence-electron chi connectivity index (χ2n) is 7.85. The van der Waals surface area contributed by atoms with Crippen LogP contribution in [0.5, 0.6) is 11.5 Å². The molecule has 1 aromatic rings. The van der Waals surface area contributed by atoms with Gasteiger partial charge in [-0.25, -0.2) is 0 Å². The molecule has 0 radical (unpaired) electrons. The van der Waals surface area contributed by atoms with Gasteiger partial charge in [0, 0.05) is 50.3 Å². The van der Waals surface area contributed by atoms with E-state index < -0.39 is 0 Å². The van der Waals surface area contributed by atoms with Crippen LogP contribution < -0.4 is 20.1 Å². The van der Waals surface area contributed by atoms with Gasteiger partial charge in [-0.05, 0) is 31.4 Å². The Morgan fingerprint density at radius 1 is 1.17 bits per heavy atom. The lowest BCUT2D eigenvalue weighted by Crippen LogP contribution is -2.45. The number of nitrogens with zero attached hydrogens (tertiary/aromatic N) is 2. The Morgan fingerprint density at radius 2 is 1.93 bits per heavy atom. The number of guanidine groups is 1. The number of ether oxygens (including phenoxy) is 2. The molecule has 1 atom stereocenters. The summed E-state index contributed by atoms with van der Waals surface area (Å²) in [6.07, 6.45) is 6.72. The monoisotopic (exact) mass is 530 g/mol. The molecule has 2 fully saturated rings. The van der Waals surface area contributed by atoms with E-state index in [0.717, 1.165) is 55.4 Å². The minimum absolute atomic E-state index is 0. The Balaban J connectivity index is 0.00000320. The molecule has 0 aromatic heterocycles. The van der Waals surface area contributed by atoms with Crippen molar-refractivity contribution in [1.29, 1.82) is 0 Å². The number of hydrogen-bond donors (Lipinski definition) is 2. The fourth-order valence-corrected chi connectivity index (χ4v) is 4.25. The van der Waals surface area contributed by atoms with Crippen LogP contribution in [0.1, 0.15) is 44.1 Å². The van der Waals surface area contributed by atoms with Gasteiger partial charge in [-0.1, -0.05) is 19.3 Å². The normalized spacial score (nSPS) is 19.8. The number of methoxy groups -OCH3 is 2. The summed E-state index contributed by atoms with van der Waals surface area (Å²) in [5.74, 6) is 2.86. The first kappa shape index (κ1) is 24.6. The largest absolute Gasteiger partial charge is 0.497 e. The maximum absolute atomic E-state index is 12.8. The number of hydrogen-bond acceptors (Lipinski definition) is 4. The summed E-state index contributed by atoms with van der Waals surface area (Å²) in [6, 6.07) is 6.00. The molecule has 168 valence electrons. The Labute approximate surface area is 197 Å². The molecule has 1 saturated heterocycles. The van der Waals surface area contributed by atoms with Crippen molar-refractivity contribution in [2.45, 2.75) is 51.1 Å². The van der Waals surface area contributed by atoms with E-state index in [1.54, 1.807) is 21.3 Å². The number of halogens is 1. The molecule has 1 aliphatic heterocycles. The maximum Gasteiger partial charge on any atom is 0.225 e. The number of rotatable bonds is 6. The molecule has 1 aliphatic carbocycles. The number of aliphatic imine (C=N–C) groups is 1. The molecule has 30 heavy (non-hydrogen) atoms. The Morgan fingerprint density at radius 3 is 2.60 bits per heavy atom. The lowest BCUT2D eigenvalue weighted by Gasteiger charge is -2.26. The number of carbonyl (C=O) groups excluding carboxylic acids is 1. The molecule has 8 heteroatoms. The van der Waals surface area contributed by atoms with E-state index >= 15 is 0 Å². The molecule has 1 saturated carbocycles. The van der Waals surface area contributed by atoms with Crippen molar-refractivity contribution in [3.05, 3.63) is 23.8 Å². The summed E-state index contributed by atoms with van der Waals surface area (Å²) < 4.78 is 10.7. The maximum atomic E-state index is 12.8. The summed E-state index contributed by atoms with van der Waals surface area (Å²) in [4.78, 5) is 19.1. The molecule has 2 aliphatic rings. The smallest absolute Gasteiger partial charge is 0.225 e. The quantitative estimate of drug-likeness (QED) is 0.336. The van der Waals surface area contributed by atoms with Gasteiger partial charge in [0.15, 0.2) is 5.96 Å². The van der Waals surface area contributed by atoms with Gasteiger partial charge in [-0.15, -0.1) is 24.0 Å². The summed E-state index contributed by atoms with van der Waals surface area (Å²) in [5, 5.41) is 6.81. The van der Waals surface area contributed by atoms with Crippen molar-refractivity contribution in [1.82, 2.24) is 15.5 Å². The first-order valence-electron chi connectivity index (χ1n) is 10.6. The molecule has 3 rings (SSSR count). The zero-order valence-electron chi connectivity index (χ0n) is 18.3. The molecule has 7 nitrogen and oxygen atoms in total. The van der Waals surface area contributed by atoms with Crippen molar-refractivity contribution in [3.8, 4) is 11.5 Å². The first-order chi connectivity index (χ1) is 14.1. The highest BCUT2D eigenvalue weighted by Gasteiger charge is 2.31. The highest BCUT2D eigenvalue weighted by atomic mass is 127. The highest BCUT2D eigenvalue weighted by Crippen LogP contribution is 2.27. The van der Waals surface area contributed by atoms with E-state index in [0.29, 0.717) is 12.5 Å². The summed E-state index contributed by atoms with van der Waals surface area (Å²) in [5.41, 5.74) is 1.02. The zero-order valence-corrected chi connectivity index (χ0v) is 20.6. The molecule has 0 spiro atoms. The second-order valence-corrected chi connectivity index (χ2v) is 7.85. The van der Waals surface area contributed by atoms with Crippen LogP contribution in [-0.2, 0) is 11.3 Å². The number of benzene rings is 1. The molecular formula is C22H35IN4O3. The van der Waals surface area contributed by atoms with Crippen LogP contribution in [0.4, 0.5) is 0 Å². The first-order valence-corrected chi connectivity index (χ1v) is 10.6. The van der Waals surface area contributed by atoms with Crippen LogP contribution in [0.2, 0.25) is 0 Å². The van der Waals surface area contributed by atoms with Gasteiger partial charge in [0.1, 0.15) is 11.5 Å². The van der Waals surface area contributed by atoms with Gasteiger partial charge in [0.2, 0.25) is 5.91 Å². The van der Waals surface area contributed by atoms with Crippen LogP contribution in [-0.4, -0.2) is 57.2 Å². The molecule has 1 amide bonds. The van der Waals surface area contributed by atoms with E-state index in [9.17, 15) is 4.79 Å². The van der Waals surface area contributed by atoms with Crippen LogP contribution >= 0.6 is 24.0 Å². The number of likely N-dealkylation sites (tertiary alicyclic amines) is 1. The molecule has 1 heterocycles. The van der Waals surface area contributed by atoms with Crippen LogP contribution in [0.15, 0.2) is 23.2 Å². The third-order valence-electron chi connectivity index (χ3n) is 5.96. The Bertz CT molecular complexity index is 722. The zero-order chi connectivity index (χ0) is 20.6. The molecular weight excluding hydrogens is 495 g/mol. The summed E-state index contributed by atoms with van der Waals surface area (Å²) >= 11 is 0. The average Bonchev–Trinajstić information content (AvgIpc) is 3.25. The van der Waals surface area contributed by atoms with Gasteiger partial charge in [0.05, 0.1) is 14.2 Å². The van der Waals surface area contributed by atoms with E-state index in [2.05, 4.69) is 15.6 Å². The van der Waals surface area contributed by atoms with Gasteiger partial charge in [0.25, 0.3) is 0 Å². The fourth-order valence-electron chi connectivity index (χ4n) is 4.25. The molecule has 1 aromatic carbocycles. The topological polar surface area (TPSA) is 75.2 Å². The van der Waals surface area contributed by atoms with E-state index in [-0.39, 0.29) is 35.9 Å². The molecule has 0 bridgehead atoms. The standard InChI is InChI=1S/C22H34N4O3.HI/c1-23-22(24-14-17-9-10-19(28-2)13-20(17)29-3)25-18-11-12-26(15-18)21(27)16-7-5-4-6-8-16;/h9-10,13,16,18H,4-8,11-12,14-15H2,1-3H3,(H2,23,24,25);1H. The van der Waals surface area contributed by atoms with Crippen molar-refractivity contribution >= 4 is 35.8 Å². The van der Waals surface area contributed by atoms with Crippen molar-refractivity contribution in [2.75, 3.05) is 34.4 Å². The van der Waals surface area contributed by atoms with Crippen molar-refractivity contribution < 1.29 is 14.3 Å². The van der Waals surface area contributed by atoms with E-state index in [1.165, 1.54) is 19.3 Å². The van der Waals surface area contributed by atoms with E-state index in [4.69, 9.17) is 9.47 Å². The third-order valence-corrected chi connectivity index (χ3v) is 5.96. The minimum atomic E-state index is 0. The Kier molecular flexibility index (Phi) is 10.0. The molecule has 2 N–H and O–H groups in total. The van der Waals surface area contributed by atoms with Crippen molar-refractivity contribution in [3.63, 3.8) is 0 Å². The van der Waals surface area contributed by atoms with Gasteiger partial charge in [-0.3, -0.25) is 9.79 Å². The second kappa shape index (κ2) is 12.2. The van der Waals surface area contributed by atoms with Crippen molar-refractivity contribution in [2.24, 2.45) is 10.9 Å². The molecule has 1 unspecified atom stereocenters. The predicted octanol–water partition coefficient (Wildman–Crippen LogP) is 3.17. The Hall–Kier alpha value is -1.71. The van der Waals surface area contributed by atoms with Crippen LogP contribution in [0.3, 0.4) is 0 Å². The average molecular weight is 530 g/mol. The van der Waals surface area contributed by atoms with Crippen LogP contribution in [0.25, 0.3) is 0 Å². The van der Waals surface area contributed by atoms with Gasteiger partial charge >= 0.3 is 0 Å². The number of nitrogens with one attached hydrogen (secondary N) is 2.